The number of anilines is 2. The summed E-state index contributed by atoms with van der Waals surface area (Å²) in [5, 5.41) is 3.26. The van der Waals surface area contributed by atoms with Crippen LogP contribution in [-0.2, 0) is 19.5 Å². The molecule has 1 aromatic heterocycles. The van der Waals surface area contributed by atoms with Crippen molar-refractivity contribution < 1.29 is 23.7 Å². The molecule has 33 heavy (non-hydrogen) atoms. The molecule has 2 aliphatic rings. The van der Waals surface area contributed by atoms with Gasteiger partial charge in [0, 0.05) is 61.2 Å². The summed E-state index contributed by atoms with van der Waals surface area (Å²) in [5.74, 6) is 4.16. The van der Waals surface area contributed by atoms with Gasteiger partial charge in [0.05, 0.1) is 27.0 Å². The first-order valence-electron chi connectivity index (χ1n) is 10.7. The van der Waals surface area contributed by atoms with Crippen molar-refractivity contribution >= 4 is 11.6 Å². The lowest BCUT2D eigenvalue weighted by atomic mass is 10.1. The molecule has 5 rings (SSSR count). The molecule has 3 heterocycles. The molecule has 0 atom stereocenters. The standard InChI is InChI=1S/C24H26N4O5/c1-29-20-10-22(31-3)21(30-2)8-15(20)12-28-7-6-18-16(13-28)11-25-24(27-18)26-17-4-5-19-23(9-17)33-14-32-19/h4-5,8-11H,6-7,12-14H2,1-3H3,(H,25,26,27). The average Bonchev–Trinajstić information content (AvgIpc) is 3.31. The van der Waals surface area contributed by atoms with Crippen molar-refractivity contribution in [1.29, 1.82) is 0 Å². The molecule has 2 aliphatic heterocycles. The Kier molecular flexibility index (Phi) is 5.78. The molecule has 0 spiro atoms. The van der Waals surface area contributed by atoms with Crippen molar-refractivity contribution in [1.82, 2.24) is 14.9 Å². The van der Waals surface area contributed by atoms with Gasteiger partial charge in [-0.25, -0.2) is 9.97 Å². The molecule has 9 heteroatoms. The fourth-order valence-electron chi connectivity index (χ4n) is 4.13. The molecule has 172 valence electrons. The molecule has 0 saturated heterocycles. The Morgan fingerprint density at radius 2 is 1.76 bits per heavy atom. The molecule has 0 aliphatic carbocycles. The molecule has 0 radical (unpaired) electrons. The van der Waals surface area contributed by atoms with Crippen molar-refractivity contribution in [3.8, 4) is 28.7 Å². The van der Waals surface area contributed by atoms with Gasteiger partial charge in [0.15, 0.2) is 23.0 Å². The van der Waals surface area contributed by atoms with Crippen LogP contribution < -0.4 is 29.0 Å². The van der Waals surface area contributed by atoms with Crippen LogP contribution in [0.2, 0.25) is 0 Å². The van der Waals surface area contributed by atoms with Crippen molar-refractivity contribution in [2.24, 2.45) is 0 Å². The number of rotatable bonds is 7. The summed E-state index contributed by atoms with van der Waals surface area (Å²) < 4.78 is 27.2. The molecule has 9 nitrogen and oxygen atoms in total. The van der Waals surface area contributed by atoms with Crippen LogP contribution in [0.3, 0.4) is 0 Å². The highest BCUT2D eigenvalue weighted by Crippen LogP contribution is 2.36. The Labute approximate surface area is 192 Å². The van der Waals surface area contributed by atoms with Crippen molar-refractivity contribution in [3.63, 3.8) is 0 Å². The minimum absolute atomic E-state index is 0.250. The van der Waals surface area contributed by atoms with E-state index in [0.29, 0.717) is 17.4 Å². The van der Waals surface area contributed by atoms with E-state index in [1.165, 1.54) is 0 Å². The lowest BCUT2D eigenvalue weighted by Crippen LogP contribution is -2.31. The second kappa shape index (κ2) is 9.03. The molecule has 0 bridgehead atoms. The first-order valence-corrected chi connectivity index (χ1v) is 10.7. The Balaban J connectivity index is 1.29. The van der Waals surface area contributed by atoms with Gasteiger partial charge in [-0.05, 0) is 18.2 Å². The molecular formula is C24H26N4O5. The SMILES string of the molecule is COc1cc(OC)c(OC)cc1CN1CCc2nc(Nc3ccc4c(c3)OCO4)ncc2C1. The van der Waals surface area contributed by atoms with Gasteiger partial charge in [0.1, 0.15) is 5.75 Å². The summed E-state index contributed by atoms with van der Waals surface area (Å²) in [5.41, 5.74) is 4.08. The Bertz CT molecular complexity index is 1170. The number of benzene rings is 2. The summed E-state index contributed by atoms with van der Waals surface area (Å²) in [4.78, 5) is 11.6. The van der Waals surface area contributed by atoms with Gasteiger partial charge >= 0.3 is 0 Å². The number of hydrogen-bond donors (Lipinski definition) is 1. The van der Waals surface area contributed by atoms with Gasteiger partial charge in [-0.1, -0.05) is 0 Å². The van der Waals surface area contributed by atoms with Crippen LogP contribution in [0.1, 0.15) is 16.8 Å². The molecule has 0 fully saturated rings. The first-order chi connectivity index (χ1) is 16.2. The van der Waals surface area contributed by atoms with E-state index in [9.17, 15) is 0 Å². The molecule has 0 saturated carbocycles. The zero-order valence-corrected chi connectivity index (χ0v) is 18.9. The predicted octanol–water partition coefficient (Wildman–Crippen LogP) is 3.53. The third-order valence-corrected chi connectivity index (χ3v) is 5.82. The summed E-state index contributed by atoms with van der Waals surface area (Å²) in [6, 6.07) is 9.53. The predicted molar refractivity (Wildman–Crippen MR) is 122 cm³/mol. The average molecular weight is 450 g/mol. The summed E-state index contributed by atoms with van der Waals surface area (Å²) >= 11 is 0. The van der Waals surface area contributed by atoms with Crippen LogP contribution in [0.4, 0.5) is 11.6 Å². The third-order valence-electron chi connectivity index (χ3n) is 5.82. The number of ether oxygens (including phenoxy) is 5. The number of nitrogens with one attached hydrogen (secondary N) is 1. The van der Waals surface area contributed by atoms with Crippen LogP contribution in [0.15, 0.2) is 36.5 Å². The Morgan fingerprint density at radius 3 is 2.58 bits per heavy atom. The van der Waals surface area contributed by atoms with Gasteiger partial charge in [-0.2, -0.15) is 0 Å². The molecule has 0 unspecified atom stereocenters. The fourth-order valence-corrected chi connectivity index (χ4v) is 4.13. The van der Waals surface area contributed by atoms with E-state index in [1.54, 1.807) is 21.3 Å². The van der Waals surface area contributed by atoms with Gasteiger partial charge in [0.2, 0.25) is 12.7 Å². The molecule has 1 N–H and O–H groups in total. The monoisotopic (exact) mass is 450 g/mol. The topological polar surface area (TPSA) is 87.2 Å². The number of fused-ring (bicyclic) bond motifs is 2. The second-order valence-electron chi connectivity index (χ2n) is 7.84. The van der Waals surface area contributed by atoms with Crippen LogP contribution in [0.5, 0.6) is 28.7 Å². The second-order valence-corrected chi connectivity index (χ2v) is 7.84. The Hall–Kier alpha value is -3.72. The number of methoxy groups -OCH3 is 3. The maximum Gasteiger partial charge on any atom is 0.231 e. The van der Waals surface area contributed by atoms with E-state index in [2.05, 4.69) is 15.2 Å². The molecular weight excluding hydrogens is 424 g/mol. The van der Waals surface area contributed by atoms with E-state index in [4.69, 9.17) is 28.7 Å². The zero-order chi connectivity index (χ0) is 22.8. The van der Waals surface area contributed by atoms with E-state index in [0.717, 1.165) is 65.8 Å². The minimum atomic E-state index is 0.250. The lowest BCUT2D eigenvalue weighted by molar-refractivity contribution is 0.174. The fraction of sp³-hybridized carbons (Fsp3) is 0.333. The maximum absolute atomic E-state index is 5.59. The lowest BCUT2D eigenvalue weighted by Gasteiger charge is -2.28. The highest BCUT2D eigenvalue weighted by molar-refractivity contribution is 5.60. The maximum atomic E-state index is 5.59. The number of nitrogens with zero attached hydrogens (tertiary/aromatic N) is 3. The van der Waals surface area contributed by atoms with Gasteiger partial charge in [0.25, 0.3) is 0 Å². The minimum Gasteiger partial charge on any atom is -0.496 e. The highest BCUT2D eigenvalue weighted by Gasteiger charge is 2.21. The highest BCUT2D eigenvalue weighted by atomic mass is 16.7. The van der Waals surface area contributed by atoms with E-state index in [1.807, 2.05) is 36.5 Å². The third kappa shape index (κ3) is 4.31. The van der Waals surface area contributed by atoms with Crippen LogP contribution in [-0.4, -0.2) is 49.5 Å². The van der Waals surface area contributed by atoms with E-state index >= 15 is 0 Å². The molecule has 3 aromatic rings. The van der Waals surface area contributed by atoms with Crippen LogP contribution >= 0.6 is 0 Å². The summed E-state index contributed by atoms with van der Waals surface area (Å²) in [7, 11) is 4.92. The molecule has 2 aromatic carbocycles. The normalized spacial score (nSPS) is 14.5. The van der Waals surface area contributed by atoms with Gasteiger partial charge in [-0.3, -0.25) is 4.90 Å². The number of aromatic nitrogens is 2. The zero-order valence-electron chi connectivity index (χ0n) is 18.9. The largest absolute Gasteiger partial charge is 0.496 e. The van der Waals surface area contributed by atoms with Gasteiger partial charge in [-0.15, -0.1) is 0 Å². The van der Waals surface area contributed by atoms with Gasteiger partial charge < -0.3 is 29.0 Å². The van der Waals surface area contributed by atoms with Crippen LogP contribution in [0.25, 0.3) is 0 Å². The van der Waals surface area contributed by atoms with E-state index in [-0.39, 0.29) is 6.79 Å². The Morgan fingerprint density at radius 1 is 0.970 bits per heavy atom. The molecule has 0 amide bonds. The van der Waals surface area contributed by atoms with Crippen molar-refractivity contribution in [3.05, 3.63) is 53.3 Å². The quantitative estimate of drug-likeness (QED) is 0.581. The first kappa shape index (κ1) is 21.1. The summed E-state index contributed by atoms with van der Waals surface area (Å²) in [6.45, 7) is 2.61. The summed E-state index contributed by atoms with van der Waals surface area (Å²) in [6.07, 6.45) is 2.74. The van der Waals surface area contributed by atoms with Crippen molar-refractivity contribution in [2.75, 3.05) is 40.0 Å². The van der Waals surface area contributed by atoms with Crippen molar-refractivity contribution in [2.45, 2.75) is 19.5 Å². The van der Waals surface area contributed by atoms with Crippen LogP contribution in [0, 0.1) is 0 Å². The number of hydrogen-bond acceptors (Lipinski definition) is 9. The smallest absolute Gasteiger partial charge is 0.231 e. The van der Waals surface area contributed by atoms with E-state index < -0.39 is 0 Å².